The first-order valence-corrected chi connectivity index (χ1v) is 7.59. The second-order valence-electron chi connectivity index (χ2n) is 4.44. The zero-order valence-electron chi connectivity index (χ0n) is 10.1. The number of nitrogens with zero attached hydrogens (tertiary/aromatic N) is 3. The van der Waals surface area contributed by atoms with Crippen LogP contribution in [-0.2, 0) is 10.0 Å². The Morgan fingerprint density at radius 2 is 2.18 bits per heavy atom. The number of aromatic nitrogens is 2. The Balaban J connectivity index is 2.34. The highest BCUT2D eigenvalue weighted by Gasteiger charge is 2.32. The van der Waals surface area contributed by atoms with Crippen molar-refractivity contribution in [1.29, 1.82) is 0 Å². The molecule has 1 atom stereocenters. The van der Waals surface area contributed by atoms with Crippen LogP contribution in [0.4, 0.5) is 0 Å². The van der Waals surface area contributed by atoms with Gasteiger partial charge in [0.2, 0.25) is 10.0 Å². The Morgan fingerprint density at radius 3 is 2.82 bits per heavy atom. The largest absolute Gasteiger partial charge is 0.240 e. The molecule has 2 heterocycles. The van der Waals surface area contributed by atoms with Gasteiger partial charge in [0.1, 0.15) is 5.82 Å². The molecule has 0 saturated carbocycles. The molecule has 0 amide bonds. The summed E-state index contributed by atoms with van der Waals surface area (Å²) in [6.07, 6.45) is 5.67. The lowest BCUT2D eigenvalue weighted by Crippen LogP contribution is -2.38. The summed E-state index contributed by atoms with van der Waals surface area (Å²) in [6.45, 7) is 2.46. The molecule has 1 aromatic rings. The zero-order chi connectivity index (χ0) is 12.5. The van der Waals surface area contributed by atoms with Gasteiger partial charge in [-0.3, -0.25) is 0 Å². The molecule has 5 nitrogen and oxygen atoms in total. The van der Waals surface area contributed by atoms with Crippen LogP contribution in [0.5, 0.6) is 0 Å². The fourth-order valence-corrected chi connectivity index (χ4v) is 3.31. The number of hydrogen-bond acceptors (Lipinski definition) is 4. The lowest BCUT2D eigenvalue weighted by Gasteiger charge is -2.32. The molecule has 1 aliphatic heterocycles. The van der Waals surface area contributed by atoms with Gasteiger partial charge < -0.3 is 0 Å². The molecule has 1 aromatic heterocycles. The van der Waals surface area contributed by atoms with Crippen LogP contribution in [0.15, 0.2) is 12.3 Å². The van der Waals surface area contributed by atoms with Crippen molar-refractivity contribution in [2.24, 2.45) is 0 Å². The minimum atomic E-state index is -3.18. The third-order valence-electron chi connectivity index (χ3n) is 2.99. The molecular weight excluding hydrogens is 238 g/mol. The van der Waals surface area contributed by atoms with Crippen molar-refractivity contribution in [2.45, 2.75) is 32.2 Å². The van der Waals surface area contributed by atoms with Crippen LogP contribution < -0.4 is 0 Å². The van der Waals surface area contributed by atoms with E-state index in [0.717, 1.165) is 25.0 Å². The SMILES string of the molecule is Cc1ccnc([C@@H]2CCCCN2S(C)(=O)=O)n1. The van der Waals surface area contributed by atoms with Crippen molar-refractivity contribution < 1.29 is 8.42 Å². The number of sulfonamides is 1. The van der Waals surface area contributed by atoms with Gasteiger partial charge in [-0.2, -0.15) is 4.31 Å². The van der Waals surface area contributed by atoms with E-state index >= 15 is 0 Å². The molecule has 0 radical (unpaired) electrons. The third kappa shape index (κ3) is 2.81. The van der Waals surface area contributed by atoms with Crippen LogP contribution in [0.25, 0.3) is 0 Å². The maximum Gasteiger partial charge on any atom is 0.211 e. The van der Waals surface area contributed by atoms with Crippen molar-refractivity contribution in [2.75, 3.05) is 12.8 Å². The summed E-state index contributed by atoms with van der Waals surface area (Å²) in [5.41, 5.74) is 0.869. The first-order chi connectivity index (χ1) is 7.98. The quantitative estimate of drug-likeness (QED) is 0.798. The van der Waals surface area contributed by atoms with E-state index in [1.54, 1.807) is 6.20 Å². The van der Waals surface area contributed by atoms with Gasteiger partial charge in [0.05, 0.1) is 12.3 Å². The molecule has 17 heavy (non-hydrogen) atoms. The summed E-state index contributed by atoms with van der Waals surface area (Å²) in [5, 5.41) is 0. The molecule has 94 valence electrons. The van der Waals surface area contributed by atoms with Crippen LogP contribution in [0.2, 0.25) is 0 Å². The molecule has 2 rings (SSSR count). The van der Waals surface area contributed by atoms with Crippen molar-refractivity contribution >= 4 is 10.0 Å². The van der Waals surface area contributed by atoms with E-state index in [-0.39, 0.29) is 6.04 Å². The molecule has 0 spiro atoms. The van der Waals surface area contributed by atoms with Crippen LogP contribution >= 0.6 is 0 Å². The Morgan fingerprint density at radius 1 is 1.41 bits per heavy atom. The topological polar surface area (TPSA) is 63.2 Å². The zero-order valence-corrected chi connectivity index (χ0v) is 10.9. The van der Waals surface area contributed by atoms with Gasteiger partial charge >= 0.3 is 0 Å². The Hall–Kier alpha value is -1.01. The number of piperidine rings is 1. The van der Waals surface area contributed by atoms with Gasteiger partial charge in [0, 0.05) is 18.4 Å². The lowest BCUT2D eigenvalue weighted by atomic mass is 10.0. The fraction of sp³-hybridized carbons (Fsp3) is 0.636. The van der Waals surface area contributed by atoms with E-state index in [9.17, 15) is 8.42 Å². The van der Waals surface area contributed by atoms with E-state index in [4.69, 9.17) is 0 Å². The standard InChI is InChI=1S/C11H17N3O2S/c1-9-6-7-12-11(13-9)10-5-3-4-8-14(10)17(2,15)16/h6-7,10H,3-5,8H2,1-2H3/t10-/m0/s1. The molecule has 0 unspecified atom stereocenters. The highest BCUT2D eigenvalue weighted by Crippen LogP contribution is 2.30. The molecule has 6 heteroatoms. The first-order valence-electron chi connectivity index (χ1n) is 5.75. The van der Waals surface area contributed by atoms with Crippen molar-refractivity contribution in [3.05, 3.63) is 23.8 Å². The monoisotopic (exact) mass is 255 g/mol. The minimum Gasteiger partial charge on any atom is -0.240 e. The van der Waals surface area contributed by atoms with Gasteiger partial charge in [-0.25, -0.2) is 18.4 Å². The van der Waals surface area contributed by atoms with Crippen molar-refractivity contribution in [3.8, 4) is 0 Å². The minimum absolute atomic E-state index is 0.196. The number of rotatable bonds is 2. The Labute approximate surface area is 102 Å². The Bertz CT molecular complexity index is 501. The number of hydrogen-bond donors (Lipinski definition) is 0. The van der Waals surface area contributed by atoms with Crippen molar-refractivity contribution in [3.63, 3.8) is 0 Å². The van der Waals surface area contributed by atoms with E-state index in [2.05, 4.69) is 9.97 Å². The molecule has 0 aromatic carbocycles. The molecule has 0 aliphatic carbocycles. The first kappa shape index (κ1) is 12.4. The highest BCUT2D eigenvalue weighted by molar-refractivity contribution is 7.88. The van der Waals surface area contributed by atoms with Crippen LogP contribution in [-0.4, -0.2) is 35.5 Å². The smallest absolute Gasteiger partial charge is 0.211 e. The maximum absolute atomic E-state index is 11.7. The lowest BCUT2D eigenvalue weighted by molar-refractivity contribution is 0.248. The van der Waals surface area contributed by atoms with Crippen LogP contribution in [0.3, 0.4) is 0 Å². The molecule has 1 aliphatic rings. The summed E-state index contributed by atoms with van der Waals surface area (Å²) >= 11 is 0. The van der Waals surface area contributed by atoms with Gasteiger partial charge in [-0.1, -0.05) is 6.42 Å². The van der Waals surface area contributed by atoms with Gasteiger partial charge in [0.15, 0.2) is 0 Å². The maximum atomic E-state index is 11.7. The van der Waals surface area contributed by atoms with Crippen LogP contribution in [0.1, 0.15) is 36.8 Å². The molecule has 1 fully saturated rings. The summed E-state index contributed by atoms with van der Waals surface area (Å²) in [5.74, 6) is 0.620. The summed E-state index contributed by atoms with van der Waals surface area (Å²) in [6, 6.07) is 1.62. The summed E-state index contributed by atoms with van der Waals surface area (Å²) in [4.78, 5) is 8.55. The molecule has 0 N–H and O–H groups in total. The van der Waals surface area contributed by atoms with E-state index < -0.39 is 10.0 Å². The molecule has 0 bridgehead atoms. The molecular formula is C11H17N3O2S. The van der Waals surface area contributed by atoms with Gasteiger partial charge in [-0.15, -0.1) is 0 Å². The van der Waals surface area contributed by atoms with E-state index in [1.807, 2.05) is 13.0 Å². The van der Waals surface area contributed by atoms with Crippen LogP contribution in [0, 0.1) is 6.92 Å². The second-order valence-corrected chi connectivity index (χ2v) is 6.38. The predicted molar refractivity (Wildman–Crippen MR) is 64.9 cm³/mol. The predicted octanol–water partition coefficient (Wildman–Crippen LogP) is 1.27. The highest BCUT2D eigenvalue weighted by atomic mass is 32.2. The normalized spacial score (nSPS) is 22.6. The summed E-state index contributed by atoms with van der Waals surface area (Å²) < 4.78 is 25.0. The van der Waals surface area contributed by atoms with Gasteiger partial charge in [-0.05, 0) is 25.8 Å². The Kier molecular flexibility index (Phi) is 3.44. The fourth-order valence-electron chi connectivity index (χ4n) is 2.19. The van der Waals surface area contributed by atoms with E-state index in [0.29, 0.717) is 12.4 Å². The molecule has 1 saturated heterocycles. The van der Waals surface area contributed by atoms with Crippen molar-refractivity contribution in [1.82, 2.24) is 14.3 Å². The van der Waals surface area contributed by atoms with Gasteiger partial charge in [0.25, 0.3) is 0 Å². The average molecular weight is 255 g/mol. The summed E-state index contributed by atoms with van der Waals surface area (Å²) in [7, 11) is -3.18. The number of aryl methyl sites for hydroxylation is 1. The third-order valence-corrected chi connectivity index (χ3v) is 4.28. The second kappa shape index (κ2) is 4.70. The average Bonchev–Trinajstić information content (AvgIpc) is 2.28. The van der Waals surface area contributed by atoms with E-state index in [1.165, 1.54) is 10.6 Å².